The Hall–Kier alpha value is -4.52. The van der Waals surface area contributed by atoms with E-state index in [1.807, 2.05) is 38.1 Å². The van der Waals surface area contributed by atoms with Crippen LogP contribution in [0.25, 0.3) is 10.2 Å². The summed E-state index contributed by atoms with van der Waals surface area (Å²) in [7, 11) is 0. The van der Waals surface area contributed by atoms with Gasteiger partial charge < -0.3 is 32.5 Å². The summed E-state index contributed by atoms with van der Waals surface area (Å²) < 4.78 is 0.855. The first kappa shape index (κ1) is 37.2. The summed E-state index contributed by atoms with van der Waals surface area (Å²) in [4.78, 5) is 64.1. The van der Waals surface area contributed by atoms with E-state index in [1.54, 1.807) is 24.3 Å². The first-order valence-corrected chi connectivity index (χ1v) is 19.3. The van der Waals surface area contributed by atoms with Gasteiger partial charge in [-0.25, -0.2) is 4.98 Å². The molecule has 4 aliphatic carbocycles. The first-order valence-electron chi connectivity index (χ1n) is 18.5. The lowest BCUT2D eigenvalue weighted by atomic mass is 9.49. The number of para-hydroxylation sites is 1. The van der Waals surface area contributed by atoms with Crippen molar-refractivity contribution >= 4 is 51.0 Å². The van der Waals surface area contributed by atoms with Crippen molar-refractivity contribution in [2.75, 3.05) is 6.54 Å². The van der Waals surface area contributed by atoms with Crippen LogP contribution in [-0.2, 0) is 20.8 Å². The number of nitrogens with two attached hydrogens (primary N) is 2. The summed E-state index contributed by atoms with van der Waals surface area (Å²) in [6.45, 7) is 3.90. The Balaban J connectivity index is 1.17. The molecule has 4 bridgehead atoms. The van der Waals surface area contributed by atoms with E-state index in [0.29, 0.717) is 36.1 Å². The molecule has 3 atom stereocenters. The SMILES string of the molecule is CC(C)[C@H](NC(=O)[C@H](Cc1ccc(O)cc1)NC(=O)CC12CC3CC(CC(C3)C1)C2)C(=O)N[C@@H](CCCN=C(N)N)C(=O)c1nc2ccccc2s1. The van der Waals surface area contributed by atoms with Crippen LogP contribution in [0.2, 0.25) is 0 Å². The number of ketones is 1. The minimum Gasteiger partial charge on any atom is -0.508 e. The molecule has 4 aliphatic rings. The van der Waals surface area contributed by atoms with Crippen molar-refractivity contribution < 1.29 is 24.3 Å². The summed E-state index contributed by atoms with van der Waals surface area (Å²) in [5, 5.41) is 19.0. The fraction of sp³-hybridized carbons (Fsp3) is 0.538. The normalized spacial score (nSPS) is 23.5. The number of phenols is 1. The lowest BCUT2D eigenvalue weighted by molar-refractivity contribution is -0.135. The smallest absolute Gasteiger partial charge is 0.243 e. The molecule has 4 fully saturated rings. The van der Waals surface area contributed by atoms with Crippen LogP contribution in [-0.4, -0.2) is 64.2 Å². The van der Waals surface area contributed by atoms with Gasteiger partial charge in [0.2, 0.25) is 23.5 Å². The number of hydrogen-bond donors (Lipinski definition) is 6. The number of carbonyl (C=O) groups is 4. The molecule has 3 amide bonds. The third kappa shape index (κ3) is 9.09. The Labute approximate surface area is 308 Å². The highest BCUT2D eigenvalue weighted by Gasteiger charge is 2.51. The van der Waals surface area contributed by atoms with E-state index in [1.165, 1.54) is 30.6 Å². The lowest BCUT2D eigenvalue weighted by Gasteiger charge is -2.56. The van der Waals surface area contributed by atoms with Gasteiger partial charge in [-0.1, -0.05) is 38.1 Å². The molecule has 13 heteroatoms. The largest absolute Gasteiger partial charge is 0.508 e. The molecule has 2 aromatic carbocycles. The fourth-order valence-corrected chi connectivity index (χ4v) is 10.1. The number of aromatic hydroxyl groups is 1. The van der Waals surface area contributed by atoms with Crippen LogP contribution in [0.5, 0.6) is 5.75 Å². The second-order valence-corrected chi connectivity index (χ2v) is 16.7. The second kappa shape index (κ2) is 16.0. The van der Waals surface area contributed by atoms with Crippen LogP contribution < -0.4 is 27.4 Å². The zero-order chi connectivity index (χ0) is 37.0. The number of thiazole rings is 1. The number of nitrogens with zero attached hydrogens (tertiary/aromatic N) is 2. The number of benzene rings is 2. The molecule has 0 radical (unpaired) electrons. The monoisotopic (exact) mass is 729 g/mol. The van der Waals surface area contributed by atoms with Gasteiger partial charge in [0.15, 0.2) is 11.0 Å². The number of guanidine groups is 1. The molecule has 7 rings (SSSR count). The van der Waals surface area contributed by atoms with Gasteiger partial charge >= 0.3 is 0 Å². The number of hydrogen-bond acceptors (Lipinski definition) is 8. The predicted molar refractivity (Wildman–Crippen MR) is 202 cm³/mol. The maximum Gasteiger partial charge on any atom is 0.243 e. The lowest BCUT2D eigenvalue weighted by Crippen LogP contribution is -2.58. The van der Waals surface area contributed by atoms with Crippen molar-refractivity contribution in [1.29, 1.82) is 0 Å². The number of fused-ring (bicyclic) bond motifs is 1. The quantitative estimate of drug-likeness (QED) is 0.0545. The van der Waals surface area contributed by atoms with Crippen LogP contribution in [0.4, 0.5) is 0 Å². The Bertz CT molecular complexity index is 1730. The fourth-order valence-electron chi connectivity index (χ4n) is 9.12. The van der Waals surface area contributed by atoms with Crippen LogP contribution in [0, 0.1) is 29.1 Å². The van der Waals surface area contributed by atoms with E-state index in [4.69, 9.17) is 11.5 Å². The minimum atomic E-state index is -1.00. The molecule has 0 unspecified atom stereocenters. The van der Waals surface area contributed by atoms with Crippen molar-refractivity contribution in [3.8, 4) is 5.75 Å². The van der Waals surface area contributed by atoms with Gasteiger partial charge in [0, 0.05) is 19.4 Å². The molecule has 52 heavy (non-hydrogen) atoms. The number of Topliss-reactive ketones (excluding diaryl/α,β-unsaturated/α-hetero) is 1. The van der Waals surface area contributed by atoms with Crippen LogP contribution in [0.1, 0.15) is 87.0 Å². The van der Waals surface area contributed by atoms with Gasteiger partial charge in [-0.15, -0.1) is 11.3 Å². The Morgan fingerprint density at radius 1 is 0.904 bits per heavy atom. The second-order valence-electron chi connectivity index (χ2n) is 15.7. The van der Waals surface area contributed by atoms with E-state index >= 15 is 0 Å². The molecular formula is C39H51N7O5S. The summed E-state index contributed by atoms with van der Waals surface area (Å²) in [6.07, 6.45) is 8.26. The molecule has 8 N–H and O–H groups in total. The Morgan fingerprint density at radius 2 is 1.56 bits per heavy atom. The van der Waals surface area contributed by atoms with E-state index in [-0.39, 0.29) is 59.1 Å². The van der Waals surface area contributed by atoms with Gasteiger partial charge in [0.1, 0.15) is 17.8 Å². The molecule has 4 saturated carbocycles. The van der Waals surface area contributed by atoms with Crippen LogP contribution >= 0.6 is 11.3 Å². The highest BCUT2D eigenvalue weighted by atomic mass is 32.1. The summed E-state index contributed by atoms with van der Waals surface area (Å²) in [6, 6.07) is 11.1. The van der Waals surface area contributed by atoms with Crippen molar-refractivity contribution in [1.82, 2.24) is 20.9 Å². The molecule has 278 valence electrons. The van der Waals surface area contributed by atoms with Gasteiger partial charge in [0.25, 0.3) is 0 Å². The zero-order valence-electron chi connectivity index (χ0n) is 30.0. The van der Waals surface area contributed by atoms with Gasteiger partial charge in [-0.05, 0) is 110 Å². The van der Waals surface area contributed by atoms with E-state index in [9.17, 15) is 24.3 Å². The minimum absolute atomic E-state index is 0.00917. The molecule has 0 saturated heterocycles. The molecule has 12 nitrogen and oxygen atoms in total. The first-order chi connectivity index (χ1) is 24.9. The topological polar surface area (TPSA) is 202 Å². The van der Waals surface area contributed by atoms with Crippen molar-refractivity contribution in [3.05, 3.63) is 59.1 Å². The number of phenolic OH excluding ortho intramolecular Hbond substituents is 1. The van der Waals surface area contributed by atoms with Gasteiger partial charge in [0.05, 0.1) is 16.3 Å². The molecule has 3 aromatic rings. The summed E-state index contributed by atoms with van der Waals surface area (Å²) >= 11 is 1.26. The van der Waals surface area contributed by atoms with Crippen molar-refractivity contribution in [2.24, 2.45) is 45.5 Å². The van der Waals surface area contributed by atoms with E-state index in [0.717, 1.165) is 29.5 Å². The zero-order valence-corrected chi connectivity index (χ0v) is 30.8. The number of rotatable bonds is 16. The third-order valence-corrected chi connectivity index (χ3v) is 12.1. The molecule has 1 aromatic heterocycles. The number of nitrogens with one attached hydrogen (secondary N) is 3. The van der Waals surface area contributed by atoms with Crippen molar-refractivity contribution in [3.63, 3.8) is 0 Å². The van der Waals surface area contributed by atoms with E-state index in [2.05, 4.69) is 25.9 Å². The van der Waals surface area contributed by atoms with Gasteiger partial charge in [-0.3, -0.25) is 24.2 Å². The Morgan fingerprint density at radius 3 is 2.17 bits per heavy atom. The maximum atomic E-state index is 14.1. The number of aromatic nitrogens is 1. The predicted octanol–water partition coefficient (Wildman–Crippen LogP) is 4.20. The number of carbonyl (C=O) groups excluding carboxylic acids is 4. The number of aliphatic imine (C=N–C) groups is 1. The molecular weight excluding hydrogens is 679 g/mol. The highest BCUT2D eigenvalue weighted by Crippen LogP contribution is 2.61. The standard InChI is InChI=1S/C39H51N7O5S/c1-22(2)33(36(51)44-29(7-5-13-42-38(40)41)34(49)37-45-28-6-3-4-8-31(28)52-37)46-35(50)30(17-23-9-11-27(47)12-10-23)43-32(48)21-39-18-24-14-25(19-39)16-26(15-24)20-39/h3-4,6,8-12,22,24-26,29-30,33,47H,5,7,13-21H2,1-2H3,(H,43,48)(H,44,51)(H,46,50)(H4,40,41,42)/t24?,25?,26?,29-,30-,33-,39?/m0/s1. The average molecular weight is 730 g/mol. The van der Waals surface area contributed by atoms with Crippen LogP contribution in [0.15, 0.2) is 53.5 Å². The van der Waals surface area contributed by atoms with E-state index < -0.39 is 29.9 Å². The number of amides is 3. The van der Waals surface area contributed by atoms with Crippen LogP contribution in [0.3, 0.4) is 0 Å². The summed E-state index contributed by atoms with van der Waals surface area (Å²) in [5.41, 5.74) is 12.4. The molecule has 1 heterocycles. The highest BCUT2D eigenvalue weighted by molar-refractivity contribution is 7.20. The molecule has 0 aliphatic heterocycles. The third-order valence-electron chi connectivity index (χ3n) is 11.1. The molecule has 0 spiro atoms. The van der Waals surface area contributed by atoms with Gasteiger partial charge in [-0.2, -0.15) is 0 Å². The average Bonchev–Trinajstić information content (AvgIpc) is 3.52. The van der Waals surface area contributed by atoms with Crippen molar-refractivity contribution in [2.45, 2.75) is 96.2 Å². The Kier molecular flexibility index (Phi) is 11.5. The maximum absolute atomic E-state index is 14.1. The summed E-state index contributed by atoms with van der Waals surface area (Å²) in [5.74, 6) is 0.250.